The third-order valence-electron chi connectivity index (χ3n) is 2.16. The van der Waals surface area contributed by atoms with Crippen molar-refractivity contribution in [3.05, 3.63) is 29.6 Å². The molecule has 106 valence electrons. The Kier molecular flexibility index (Phi) is 5.15. The first-order chi connectivity index (χ1) is 8.74. The van der Waals surface area contributed by atoms with Gasteiger partial charge in [0.15, 0.2) is 0 Å². The molecule has 19 heavy (non-hydrogen) atoms. The molecule has 0 aliphatic carbocycles. The minimum atomic E-state index is -3.94. The van der Waals surface area contributed by atoms with Gasteiger partial charge in [-0.2, -0.15) is 0 Å². The quantitative estimate of drug-likeness (QED) is 0.781. The van der Waals surface area contributed by atoms with E-state index in [1.165, 1.54) is 6.26 Å². The minimum absolute atomic E-state index is 0.0504. The average molecular weight is 309 g/mol. The van der Waals surface area contributed by atoms with E-state index in [2.05, 4.69) is 4.72 Å². The molecule has 1 aromatic carbocycles. The summed E-state index contributed by atoms with van der Waals surface area (Å²) in [6.45, 7) is -0.0504. The van der Waals surface area contributed by atoms with Crippen molar-refractivity contribution in [3.8, 4) is 0 Å². The summed E-state index contributed by atoms with van der Waals surface area (Å²) in [6.07, 6.45) is 1.43. The van der Waals surface area contributed by atoms with E-state index in [-0.39, 0.29) is 17.2 Å². The maximum atomic E-state index is 13.1. The number of carboxylic acids is 1. The van der Waals surface area contributed by atoms with E-state index in [9.17, 15) is 21.8 Å². The third kappa shape index (κ3) is 4.37. The molecule has 0 spiro atoms. The smallest absolute Gasteiger partial charge is 0.338 e. The van der Waals surface area contributed by atoms with Crippen LogP contribution in [0.15, 0.2) is 23.1 Å². The molecule has 1 unspecified atom stereocenters. The van der Waals surface area contributed by atoms with Gasteiger partial charge in [0.1, 0.15) is 5.82 Å². The second kappa shape index (κ2) is 6.22. The molecule has 0 fully saturated rings. The van der Waals surface area contributed by atoms with Crippen molar-refractivity contribution in [2.75, 3.05) is 18.6 Å². The zero-order chi connectivity index (χ0) is 14.6. The minimum Gasteiger partial charge on any atom is -0.478 e. The Hall–Kier alpha value is -1.32. The number of nitrogens with one attached hydrogen (secondary N) is 1. The molecule has 0 aromatic heterocycles. The summed E-state index contributed by atoms with van der Waals surface area (Å²) < 4.78 is 49.6. The van der Waals surface area contributed by atoms with E-state index < -0.39 is 38.2 Å². The van der Waals surface area contributed by atoms with Crippen molar-refractivity contribution in [2.45, 2.75) is 4.90 Å². The molecule has 0 aliphatic rings. The zero-order valence-corrected chi connectivity index (χ0v) is 11.6. The number of rotatable bonds is 6. The molecule has 6 nitrogen and oxygen atoms in total. The van der Waals surface area contributed by atoms with Crippen LogP contribution in [0.4, 0.5) is 4.39 Å². The molecule has 0 radical (unpaired) electrons. The highest BCUT2D eigenvalue weighted by molar-refractivity contribution is 7.89. The largest absolute Gasteiger partial charge is 0.478 e. The predicted octanol–water partition coefficient (Wildman–Crippen LogP) is 0.181. The zero-order valence-electron chi connectivity index (χ0n) is 9.92. The Bertz CT molecular complexity index is 614. The van der Waals surface area contributed by atoms with E-state index >= 15 is 0 Å². The molecule has 1 atom stereocenters. The van der Waals surface area contributed by atoms with Gasteiger partial charge in [-0.05, 0) is 18.2 Å². The predicted molar refractivity (Wildman–Crippen MR) is 67.5 cm³/mol. The Morgan fingerprint density at radius 2 is 2.11 bits per heavy atom. The van der Waals surface area contributed by atoms with Crippen LogP contribution in [0.1, 0.15) is 10.4 Å². The number of aromatic carboxylic acids is 1. The summed E-state index contributed by atoms with van der Waals surface area (Å²) >= 11 is 0. The number of sulfonamides is 1. The van der Waals surface area contributed by atoms with E-state index in [4.69, 9.17) is 5.11 Å². The van der Waals surface area contributed by atoms with Crippen LogP contribution in [-0.4, -0.2) is 42.3 Å². The Morgan fingerprint density at radius 1 is 1.47 bits per heavy atom. The average Bonchev–Trinajstić information content (AvgIpc) is 2.27. The molecule has 2 N–H and O–H groups in total. The van der Waals surface area contributed by atoms with Gasteiger partial charge in [-0.25, -0.2) is 22.3 Å². The maximum Gasteiger partial charge on any atom is 0.338 e. The van der Waals surface area contributed by atoms with E-state index in [1.54, 1.807) is 0 Å². The van der Waals surface area contributed by atoms with Gasteiger partial charge < -0.3 is 5.11 Å². The number of carboxylic acid groups (broad SMARTS) is 1. The fraction of sp³-hybridized carbons (Fsp3) is 0.300. The topological polar surface area (TPSA) is 101 Å². The Balaban J connectivity index is 2.99. The van der Waals surface area contributed by atoms with E-state index in [0.29, 0.717) is 0 Å². The summed E-state index contributed by atoms with van der Waals surface area (Å²) in [6, 6.07) is 2.48. The standard InChI is InChI=1S/C10H12FNO5S2/c1-18(15)5-4-12-19(16,17)7-2-3-9(11)8(6-7)10(13)14/h2-3,6,12H,4-5H2,1H3,(H,13,14). The number of carbonyl (C=O) groups is 1. The molecule has 0 saturated carbocycles. The van der Waals surface area contributed by atoms with Crippen molar-refractivity contribution in [2.24, 2.45) is 0 Å². The fourth-order valence-corrected chi connectivity index (χ4v) is 2.81. The summed E-state index contributed by atoms with van der Waals surface area (Å²) in [7, 11) is -5.10. The van der Waals surface area contributed by atoms with Crippen LogP contribution in [0.3, 0.4) is 0 Å². The fourth-order valence-electron chi connectivity index (χ4n) is 1.24. The normalized spacial score (nSPS) is 13.2. The summed E-state index contributed by atoms with van der Waals surface area (Å²) in [5.74, 6) is -2.43. The number of halogens is 1. The van der Waals surface area contributed by atoms with Gasteiger partial charge in [0.2, 0.25) is 10.0 Å². The molecule has 0 amide bonds. The van der Waals surface area contributed by atoms with E-state index in [1.807, 2.05) is 0 Å². The van der Waals surface area contributed by atoms with Crippen molar-refractivity contribution in [1.29, 1.82) is 0 Å². The first-order valence-electron chi connectivity index (χ1n) is 5.06. The van der Waals surface area contributed by atoms with Crippen LogP contribution in [0.5, 0.6) is 0 Å². The second-order valence-electron chi connectivity index (χ2n) is 3.62. The van der Waals surface area contributed by atoms with E-state index in [0.717, 1.165) is 18.2 Å². The van der Waals surface area contributed by atoms with Gasteiger partial charge in [-0.15, -0.1) is 0 Å². The Morgan fingerprint density at radius 3 is 2.63 bits per heavy atom. The highest BCUT2D eigenvalue weighted by Crippen LogP contribution is 2.15. The van der Waals surface area contributed by atoms with Gasteiger partial charge in [0.25, 0.3) is 0 Å². The van der Waals surface area contributed by atoms with Crippen LogP contribution in [0, 0.1) is 5.82 Å². The number of hydrogen-bond acceptors (Lipinski definition) is 4. The third-order valence-corrected chi connectivity index (χ3v) is 4.40. The molecular formula is C10H12FNO5S2. The lowest BCUT2D eigenvalue weighted by molar-refractivity contribution is 0.0691. The van der Waals surface area contributed by atoms with Gasteiger partial charge in [-0.3, -0.25) is 4.21 Å². The lowest BCUT2D eigenvalue weighted by Gasteiger charge is -2.07. The van der Waals surface area contributed by atoms with Crippen LogP contribution in [-0.2, 0) is 20.8 Å². The molecule has 0 bridgehead atoms. The number of hydrogen-bond donors (Lipinski definition) is 2. The molecule has 1 aromatic rings. The van der Waals surface area contributed by atoms with Crippen molar-refractivity contribution < 1.29 is 26.9 Å². The molecule has 1 rings (SSSR count). The van der Waals surface area contributed by atoms with Gasteiger partial charge in [0.05, 0.1) is 10.5 Å². The molecular weight excluding hydrogens is 297 g/mol. The Labute approximate surface area is 112 Å². The van der Waals surface area contributed by atoms with Crippen LogP contribution < -0.4 is 4.72 Å². The highest BCUT2D eigenvalue weighted by Gasteiger charge is 2.18. The maximum absolute atomic E-state index is 13.1. The van der Waals surface area contributed by atoms with Crippen molar-refractivity contribution >= 4 is 26.8 Å². The highest BCUT2D eigenvalue weighted by atomic mass is 32.2. The van der Waals surface area contributed by atoms with Crippen LogP contribution >= 0.6 is 0 Å². The summed E-state index contributed by atoms with van der Waals surface area (Å²) in [5.41, 5.74) is -0.720. The molecule has 9 heteroatoms. The lowest BCUT2D eigenvalue weighted by Crippen LogP contribution is -2.28. The lowest BCUT2D eigenvalue weighted by atomic mass is 10.2. The molecule has 0 saturated heterocycles. The summed E-state index contributed by atoms with van der Waals surface area (Å²) in [5, 5.41) is 8.71. The number of benzene rings is 1. The SMILES string of the molecule is CS(=O)CCNS(=O)(=O)c1ccc(F)c(C(=O)O)c1. The second-order valence-corrected chi connectivity index (χ2v) is 6.94. The molecule has 0 aliphatic heterocycles. The summed E-state index contributed by atoms with van der Waals surface area (Å²) in [4.78, 5) is 10.4. The van der Waals surface area contributed by atoms with Gasteiger partial charge in [0, 0.05) is 29.4 Å². The first kappa shape index (κ1) is 15.7. The van der Waals surface area contributed by atoms with Gasteiger partial charge in [-0.1, -0.05) is 0 Å². The van der Waals surface area contributed by atoms with Crippen molar-refractivity contribution in [1.82, 2.24) is 4.72 Å². The molecule has 0 heterocycles. The van der Waals surface area contributed by atoms with Gasteiger partial charge >= 0.3 is 5.97 Å². The van der Waals surface area contributed by atoms with Crippen LogP contribution in [0.2, 0.25) is 0 Å². The van der Waals surface area contributed by atoms with Crippen LogP contribution in [0.25, 0.3) is 0 Å². The first-order valence-corrected chi connectivity index (χ1v) is 8.27. The van der Waals surface area contributed by atoms with Crippen molar-refractivity contribution in [3.63, 3.8) is 0 Å². The monoisotopic (exact) mass is 309 g/mol.